The number of rotatable bonds is 3. The van der Waals surface area contributed by atoms with Gasteiger partial charge < -0.3 is 15.2 Å². The summed E-state index contributed by atoms with van der Waals surface area (Å²) < 4.78 is 5.90. The fourth-order valence-electron chi connectivity index (χ4n) is 2.36. The number of fused-ring (bicyclic) bond motifs is 1. The van der Waals surface area contributed by atoms with E-state index >= 15 is 0 Å². The zero-order valence-corrected chi connectivity index (χ0v) is 12.0. The molecule has 1 aliphatic rings. The van der Waals surface area contributed by atoms with Gasteiger partial charge in [-0.25, -0.2) is 4.79 Å². The molecule has 0 aromatic heterocycles. The molecule has 104 valence electrons. The molecule has 2 N–H and O–H groups in total. The molecular weight excluding hydrogens is 266 g/mol. The summed E-state index contributed by atoms with van der Waals surface area (Å²) in [5.41, 5.74) is 3.22. The summed E-state index contributed by atoms with van der Waals surface area (Å²) in [6.45, 7) is 6.45. The maximum absolute atomic E-state index is 10.5. The van der Waals surface area contributed by atoms with Crippen LogP contribution in [-0.2, 0) is 6.42 Å². The Morgan fingerprint density at radius 1 is 1.63 bits per heavy atom. The van der Waals surface area contributed by atoms with Gasteiger partial charge in [0.2, 0.25) is 0 Å². The van der Waals surface area contributed by atoms with Crippen LogP contribution in [0.15, 0.2) is 6.07 Å². The van der Waals surface area contributed by atoms with Crippen LogP contribution in [0.1, 0.15) is 36.5 Å². The van der Waals surface area contributed by atoms with Gasteiger partial charge in [0, 0.05) is 17.0 Å². The normalized spacial score (nSPS) is 17.2. The summed E-state index contributed by atoms with van der Waals surface area (Å²) in [7, 11) is 0. The van der Waals surface area contributed by atoms with E-state index in [1.807, 2.05) is 13.0 Å². The van der Waals surface area contributed by atoms with E-state index in [9.17, 15) is 4.79 Å². The third kappa shape index (κ3) is 2.78. The van der Waals surface area contributed by atoms with Crippen LogP contribution in [0.3, 0.4) is 0 Å². The van der Waals surface area contributed by atoms with Gasteiger partial charge in [-0.1, -0.05) is 25.4 Å². The number of carbonyl (C=O) groups is 1. The van der Waals surface area contributed by atoms with Crippen molar-refractivity contribution in [2.24, 2.45) is 0 Å². The highest BCUT2D eigenvalue weighted by Crippen LogP contribution is 2.41. The first kappa shape index (κ1) is 14.0. The van der Waals surface area contributed by atoms with E-state index in [1.54, 1.807) is 0 Å². The largest absolute Gasteiger partial charge is 0.488 e. The van der Waals surface area contributed by atoms with Crippen LogP contribution in [0.2, 0.25) is 5.02 Å². The Bertz CT molecular complexity index is 514. The van der Waals surface area contributed by atoms with Crippen LogP contribution in [0.4, 0.5) is 4.79 Å². The first-order valence-electron chi connectivity index (χ1n) is 6.35. The van der Waals surface area contributed by atoms with E-state index in [1.165, 1.54) is 0 Å². The Morgan fingerprint density at radius 2 is 2.32 bits per heavy atom. The van der Waals surface area contributed by atoms with Gasteiger partial charge >= 0.3 is 6.09 Å². The Hall–Kier alpha value is -1.42. The first-order valence-corrected chi connectivity index (χ1v) is 6.73. The Kier molecular flexibility index (Phi) is 3.90. The van der Waals surface area contributed by atoms with Crippen LogP contribution in [0, 0.1) is 6.92 Å². The minimum absolute atomic E-state index is 0.152. The third-order valence-corrected chi connectivity index (χ3v) is 3.84. The molecule has 1 atom stereocenters. The summed E-state index contributed by atoms with van der Waals surface area (Å²) in [5.74, 6) is 1.20. The SMILES string of the molecule is Cc1c(Cl)cc(C(C)C)c2c1CC(CNC(=O)O)O2. The van der Waals surface area contributed by atoms with Gasteiger partial charge in [0.25, 0.3) is 0 Å². The van der Waals surface area contributed by atoms with E-state index in [2.05, 4.69) is 19.2 Å². The number of amides is 1. The summed E-state index contributed by atoms with van der Waals surface area (Å²) in [6.07, 6.45) is -0.485. The highest BCUT2D eigenvalue weighted by atomic mass is 35.5. The van der Waals surface area contributed by atoms with Crippen molar-refractivity contribution in [1.82, 2.24) is 5.32 Å². The minimum atomic E-state index is -1.03. The van der Waals surface area contributed by atoms with Crippen molar-refractivity contribution in [2.75, 3.05) is 6.54 Å². The molecule has 0 radical (unpaired) electrons. The zero-order valence-electron chi connectivity index (χ0n) is 11.3. The summed E-state index contributed by atoms with van der Waals surface area (Å²) in [6, 6.07) is 1.95. The van der Waals surface area contributed by atoms with E-state index in [4.69, 9.17) is 21.4 Å². The first-order chi connectivity index (χ1) is 8.90. The monoisotopic (exact) mass is 283 g/mol. The zero-order chi connectivity index (χ0) is 14.2. The van der Waals surface area contributed by atoms with Crippen LogP contribution < -0.4 is 10.1 Å². The topological polar surface area (TPSA) is 58.6 Å². The Labute approximate surface area is 117 Å². The average Bonchev–Trinajstić information content (AvgIpc) is 2.75. The lowest BCUT2D eigenvalue weighted by Crippen LogP contribution is -2.33. The van der Waals surface area contributed by atoms with E-state index < -0.39 is 6.09 Å². The predicted octanol–water partition coefficient (Wildman–Crippen LogP) is 3.34. The minimum Gasteiger partial charge on any atom is -0.488 e. The number of hydrogen-bond acceptors (Lipinski definition) is 2. The van der Waals surface area contributed by atoms with Crippen molar-refractivity contribution in [3.05, 3.63) is 27.8 Å². The Morgan fingerprint density at radius 3 is 2.89 bits per heavy atom. The van der Waals surface area contributed by atoms with Crippen molar-refractivity contribution >= 4 is 17.7 Å². The predicted molar refractivity (Wildman–Crippen MR) is 74.4 cm³/mol. The second kappa shape index (κ2) is 5.29. The summed E-state index contributed by atoms with van der Waals surface area (Å²) >= 11 is 6.25. The van der Waals surface area contributed by atoms with Crippen LogP contribution in [0.25, 0.3) is 0 Å². The summed E-state index contributed by atoms with van der Waals surface area (Å²) in [5, 5.41) is 11.8. The third-order valence-electron chi connectivity index (χ3n) is 3.45. The second-order valence-electron chi connectivity index (χ2n) is 5.17. The quantitative estimate of drug-likeness (QED) is 0.894. The van der Waals surface area contributed by atoms with Gasteiger partial charge in [-0.05, 0) is 30.0 Å². The van der Waals surface area contributed by atoms with Gasteiger partial charge in [-0.3, -0.25) is 0 Å². The molecule has 0 aliphatic carbocycles. The number of halogens is 1. The number of nitrogens with one attached hydrogen (secondary N) is 1. The lowest BCUT2D eigenvalue weighted by molar-refractivity contribution is 0.180. The molecule has 1 aromatic carbocycles. The molecule has 1 unspecified atom stereocenters. The maximum atomic E-state index is 10.5. The molecule has 2 rings (SSSR count). The van der Waals surface area contributed by atoms with Gasteiger partial charge in [0.1, 0.15) is 11.9 Å². The van der Waals surface area contributed by atoms with Crippen molar-refractivity contribution in [1.29, 1.82) is 0 Å². The second-order valence-corrected chi connectivity index (χ2v) is 5.57. The van der Waals surface area contributed by atoms with Crippen molar-refractivity contribution in [3.63, 3.8) is 0 Å². The standard InChI is InChI=1S/C14H18ClNO3/c1-7(2)10-5-12(15)8(3)11-4-9(19-13(10)11)6-16-14(17)18/h5,7,9,16H,4,6H2,1-3H3,(H,17,18). The highest BCUT2D eigenvalue weighted by Gasteiger charge is 2.29. The van der Waals surface area contributed by atoms with E-state index in [-0.39, 0.29) is 6.10 Å². The van der Waals surface area contributed by atoms with Gasteiger partial charge in [-0.2, -0.15) is 0 Å². The molecule has 0 bridgehead atoms. The fourth-order valence-corrected chi connectivity index (χ4v) is 2.60. The smallest absolute Gasteiger partial charge is 0.404 e. The van der Waals surface area contributed by atoms with Gasteiger partial charge in [-0.15, -0.1) is 0 Å². The molecular formula is C14H18ClNO3. The van der Waals surface area contributed by atoms with E-state index in [0.29, 0.717) is 18.9 Å². The highest BCUT2D eigenvalue weighted by molar-refractivity contribution is 6.31. The summed E-state index contributed by atoms with van der Waals surface area (Å²) in [4.78, 5) is 10.5. The number of ether oxygens (including phenoxy) is 1. The van der Waals surface area contributed by atoms with Crippen molar-refractivity contribution in [3.8, 4) is 5.75 Å². The molecule has 5 heteroatoms. The van der Waals surface area contributed by atoms with Gasteiger partial charge in [0.05, 0.1) is 6.54 Å². The van der Waals surface area contributed by atoms with Crippen molar-refractivity contribution in [2.45, 2.75) is 39.2 Å². The molecule has 4 nitrogen and oxygen atoms in total. The van der Waals surface area contributed by atoms with Crippen LogP contribution in [-0.4, -0.2) is 23.8 Å². The molecule has 1 aromatic rings. The Balaban J connectivity index is 2.28. The number of benzene rings is 1. The van der Waals surface area contributed by atoms with Gasteiger partial charge in [0.15, 0.2) is 0 Å². The molecule has 1 heterocycles. The molecule has 1 aliphatic heterocycles. The van der Waals surface area contributed by atoms with Crippen molar-refractivity contribution < 1.29 is 14.6 Å². The number of carboxylic acid groups (broad SMARTS) is 1. The molecule has 0 fully saturated rings. The molecule has 0 saturated carbocycles. The lowest BCUT2D eigenvalue weighted by atomic mass is 9.95. The molecule has 0 saturated heterocycles. The van der Waals surface area contributed by atoms with Crippen LogP contribution >= 0.6 is 11.6 Å². The molecule has 19 heavy (non-hydrogen) atoms. The molecule has 0 spiro atoms. The molecule has 1 amide bonds. The number of hydrogen-bond donors (Lipinski definition) is 2. The van der Waals surface area contributed by atoms with Crippen LogP contribution in [0.5, 0.6) is 5.75 Å². The lowest BCUT2D eigenvalue weighted by Gasteiger charge is -2.15. The van der Waals surface area contributed by atoms with E-state index in [0.717, 1.165) is 27.5 Å². The maximum Gasteiger partial charge on any atom is 0.404 e. The fraction of sp³-hybridized carbons (Fsp3) is 0.500. The average molecular weight is 284 g/mol.